The lowest BCUT2D eigenvalue weighted by atomic mass is 9.91. The largest absolute Gasteiger partial charge is 0.433 e. The quantitative estimate of drug-likeness (QED) is 0.662. The van der Waals surface area contributed by atoms with Crippen LogP contribution < -0.4 is 0 Å². The Bertz CT molecular complexity index is 1080. The molecule has 2 aromatic heterocycles. The maximum Gasteiger partial charge on any atom is 0.433 e. The fourth-order valence-electron chi connectivity index (χ4n) is 4.37. The molecule has 13 heteroatoms. The van der Waals surface area contributed by atoms with Crippen LogP contribution in [0.15, 0.2) is 12.1 Å². The number of aromatic nitrogens is 2. The van der Waals surface area contributed by atoms with Gasteiger partial charge in [0.05, 0.1) is 16.6 Å². The van der Waals surface area contributed by atoms with Crippen molar-refractivity contribution in [2.24, 2.45) is 0 Å². The number of hydrogen-bond acceptors (Lipinski definition) is 4. The fraction of sp³-hybridized carbons (Fsp3) is 0.550. The van der Waals surface area contributed by atoms with E-state index in [-0.39, 0.29) is 43.8 Å². The van der Waals surface area contributed by atoms with E-state index in [9.17, 15) is 36.6 Å². The van der Waals surface area contributed by atoms with Crippen LogP contribution in [0.2, 0.25) is 5.02 Å². The number of piperazine rings is 1. The molecule has 0 atom stereocenters. The second kappa shape index (κ2) is 8.71. The number of nitrogens with zero attached hydrogens (tertiary/aromatic N) is 4. The Hall–Kier alpha value is -2.47. The van der Waals surface area contributed by atoms with Crippen molar-refractivity contribution < 1.29 is 36.6 Å². The number of carbonyl (C=O) groups is 2. The first-order valence-electron chi connectivity index (χ1n) is 10.3. The molecule has 180 valence electrons. The molecule has 0 radical (unpaired) electrons. The van der Waals surface area contributed by atoms with Gasteiger partial charge in [-0.25, -0.2) is 13.3 Å². The third kappa shape index (κ3) is 4.50. The lowest BCUT2D eigenvalue weighted by Crippen LogP contribution is -2.56. The van der Waals surface area contributed by atoms with Crippen LogP contribution >= 0.6 is 11.6 Å². The standard InChI is InChI=1S/C20H20ClF5N4O3/c21-16-13-7-10(18(22)23)8-14(20(24,25)26)30(13)27-17(16)19(33)28-5-6-29(15(32)9-28)11-1-3-12(31)4-2-11/h7-8,11-12,18,31H,1-6,9H2/t11-,12-. The molecule has 1 saturated heterocycles. The van der Waals surface area contributed by atoms with Gasteiger partial charge in [-0.05, 0) is 37.8 Å². The molecule has 0 unspecified atom stereocenters. The van der Waals surface area contributed by atoms with Crippen molar-refractivity contribution in [1.29, 1.82) is 0 Å². The van der Waals surface area contributed by atoms with E-state index in [4.69, 9.17) is 11.6 Å². The first-order valence-corrected chi connectivity index (χ1v) is 10.7. The number of aliphatic hydroxyl groups excluding tert-OH is 1. The highest BCUT2D eigenvalue weighted by atomic mass is 35.5. The van der Waals surface area contributed by atoms with Crippen molar-refractivity contribution >= 4 is 28.9 Å². The van der Waals surface area contributed by atoms with Crippen molar-refractivity contribution in [2.75, 3.05) is 19.6 Å². The fourth-order valence-corrected chi connectivity index (χ4v) is 4.62. The third-order valence-electron chi connectivity index (χ3n) is 6.09. The topological polar surface area (TPSA) is 78.2 Å². The molecule has 2 fully saturated rings. The zero-order chi connectivity index (χ0) is 24.1. The normalized spacial score (nSPS) is 22.5. The van der Waals surface area contributed by atoms with Gasteiger partial charge in [-0.1, -0.05) is 11.6 Å². The van der Waals surface area contributed by atoms with Gasteiger partial charge in [0, 0.05) is 24.7 Å². The van der Waals surface area contributed by atoms with Crippen LogP contribution in [0.3, 0.4) is 0 Å². The lowest BCUT2D eigenvalue weighted by Gasteiger charge is -2.41. The summed E-state index contributed by atoms with van der Waals surface area (Å²) in [6.45, 7) is 0.0262. The highest BCUT2D eigenvalue weighted by Crippen LogP contribution is 2.36. The Balaban J connectivity index is 1.60. The molecule has 1 N–H and O–H groups in total. The summed E-state index contributed by atoms with van der Waals surface area (Å²) in [6, 6.07) is 0.977. The average molecular weight is 495 g/mol. The molecule has 0 aromatic carbocycles. The van der Waals surface area contributed by atoms with Crippen LogP contribution in [0.25, 0.3) is 5.52 Å². The highest BCUT2D eigenvalue weighted by Gasteiger charge is 2.38. The molecule has 0 spiro atoms. The zero-order valence-electron chi connectivity index (χ0n) is 17.2. The predicted molar refractivity (Wildman–Crippen MR) is 106 cm³/mol. The van der Waals surface area contributed by atoms with E-state index in [1.54, 1.807) is 4.90 Å². The molecule has 4 rings (SSSR count). The van der Waals surface area contributed by atoms with Crippen LogP contribution in [0.1, 0.15) is 53.9 Å². The Labute approximate surface area is 189 Å². The first-order chi connectivity index (χ1) is 15.5. The molecule has 2 aromatic rings. The van der Waals surface area contributed by atoms with Crippen LogP contribution in [0.4, 0.5) is 22.0 Å². The average Bonchev–Trinajstić information content (AvgIpc) is 3.09. The molecule has 1 saturated carbocycles. The van der Waals surface area contributed by atoms with Crippen LogP contribution in [-0.2, 0) is 11.0 Å². The zero-order valence-corrected chi connectivity index (χ0v) is 17.9. The summed E-state index contributed by atoms with van der Waals surface area (Å²) in [7, 11) is 0. The minimum atomic E-state index is -5.02. The maximum atomic E-state index is 13.4. The van der Waals surface area contributed by atoms with Gasteiger partial charge in [0.15, 0.2) is 5.69 Å². The third-order valence-corrected chi connectivity index (χ3v) is 6.47. The number of aliphatic hydroxyl groups is 1. The Kier molecular flexibility index (Phi) is 6.25. The predicted octanol–water partition coefficient (Wildman–Crippen LogP) is 3.53. The minimum Gasteiger partial charge on any atom is -0.393 e. The number of hydrogen-bond donors (Lipinski definition) is 1. The van der Waals surface area contributed by atoms with Crippen LogP contribution in [-0.4, -0.2) is 68.1 Å². The van der Waals surface area contributed by atoms with Crippen LogP contribution in [0, 0.1) is 0 Å². The Morgan fingerprint density at radius 3 is 2.39 bits per heavy atom. The SMILES string of the molecule is O=C(c1nn2c(C(F)(F)F)cc(C(F)F)cc2c1Cl)N1CCN([C@H]2CC[C@H](O)CC2)C(=O)C1. The molecule has 1 aliphatic carbocycles. The van der Waals surface area contributed by atoms with Gasteiger partial charge in [-0.15, -0.1) is 0 Å². The van der Waals surface area contributed by atoms with E-state index in [1.807, 2.05) is 0 Å². The smallest absolute Gasteiger partial charge is 0.393 e. The summed E-state index contributed by atoms with van der Waals surface area (Å²) in [4.78, 5) is 28.4. The summed E-state index contributed by atoms with van der Waals surface area (Å²) in [5.41, 5.74) is -3.42. The summed E-state index contributed by atoms with van der Waals surface area (Å²) >= 11 is 6.11. The van der Waals surface area contributed by atoms with Gasteiger partial charge in [-0.3, -0.25) is 9.59 Å². The van der Waals surface area contributed by atoms with E-state index in [2.05, 4.69) is 5.10 Å². The van der Waals surface area contributed by atoms with Gasteiger partial charge in [0.25, 0.3) is 12.3 Å². The van der Waals surface area contributed by atoms with Gasteiger partial charge < -0.3 is 14.9 Å². The monoisotopic (exact) mass is 494 g/mol. The number of alkyl halides is 5. The Morgan fingerprint density at radius 1 is 1.15 bits per heavy atom. The molecular formula is C20H20ClF5N4O3. The molecule has 0 bridgehead atoms. The van der Waals surface area contributed by atoms with Crippen molar-refractivity contribution in [3.8, 4) is 0 Å². The molecule has 7 nitrogen and oxygen atoms in total. The van der Waals surface area contributed by atoms with E-state index in [0.29, 0.717) is 30.2 Å². The summed E-state index contributed by atoms with van der Waals surface area (Å²) < 4.78 is 66.9. The number of rotatable bonds is 3. The van der Waals surface area contributed by atoms with E-state index < -0.39 is 46.0 Å². The van der Waals surface area contributed by atoms with Gasteiger partial charge in [0.2, 0.25) is 5.91 Å². The summed E-state index contributed by atoms with van der Waals surface area (Å²) in [5, 5.41) is 12.8. The van der Waals surface area contributed by atoms with Gasteiger partial charge in [0.1, 0.15) is 12.2 Å². The number of amides is 2. The van der Waals surface area contributed by atoms with E-state index >= 15 is 0 Å². The second-order valence-corrected chi connectivity index (χ2v) is 8.59. The van der Waals surface area contributed by atoms with Gasteiger partial charge in [-0.2, -0.15) is 18.3 Å². The van der Waals surface area contributed by atoms with Crippen molar-refractivity contribution in [2.45, 2.75) is 50.4 Å². The van der Waals surface area contributed by atoms with Crippen molar-refractivity contribution in [3.05, 3.63) is 34.1 Å². The minimum absolute atomic E-state index is 0.0426. The van der Waals surface area contributed by atoms with Crippen molar-refractivity contribution in [3.63, 3.8) is 0 Å². The summed E-state index contributed by atoms with van der Waals surface area (Å²) in [6.07, 6.45) is -6.14. The van der Waals surface area contributed by atoms with E-state index in [1.165, 1.54) is 0 Å². The molecule has 33 heavy (non-hydrogen) atoms. The lowest BCUT2D eigenvalue weighted by molar-refractivity contribution is -0.142. The number of carbonyl (C=O) groups excluding carboxylic acids is 2. The van der Waals surface area contributed by atoms with E-state index in [0.717, 1.165) is 11.0 Å². The number of pyridine rings is 1. The van der Waals surface area contributed by atoms with Crippen LogP contribution in [0.5, 0.6) is 0 Å². The Morgan fingerprint density at radius 2 is 1.82 bits per heavy atom. The number of halogens is 6. The second-order valence-electron chi connectivity index (χ2n) is 8.21. The molecule has 3 heterocycles. The first kappa shape index (κ1) is 23.7. The molecule has 2 aliphatic rings. The van der Waals surface area contributed by atoms with Gasteiger partial charge >= 0.3 is 6.18 Å². The van der Waals surface area contributed by atoms with Crippen molar-refractivity contribution in [1.82, 2.24) is 19.4 Å². The maximum absolute atomic E-state index is 13.4. The molecular weight excluding hydrogens is 475 g/mol. The molecule has 1 aliphatic heterocycles. The number of fused-ring (bicyclic) bond motifs is 1. The summed E-state index contributed by atoms with van der Waals surface area (Å²) in [5.74, 6) is -1.19. The molecule has 2 amide bonds. The highest BCUT2D eigenvalue weighted by molar-refractivity contribution is 6.36.